The number of benzene rings is 1. The van der Waals surface area contributed by atoms with Gasteiger partial charge >= 0.3 is 0 Å². The molecule has 0 unspecified atom stereocenters. The number of thiazole rings is 1. The topological polar surface area (TPSA) is 24.9 Å². The van der Waals surface area contributed by atoms with Crippen LogP contribution in [-0.2, 0) is 6.54 Å². The smallest absolute Gasteiger partial charge is 0.123 e. The van der Waals surface area contributed by atoms with E-state index >= 15 is 0 Å². The number of hydrogen-bond donors (Lipinski definition) is 1. The highest BCUT2D eigenvalue weighted by Crippen LogP contribution is 2.28. The first kappa shape index (κ1) is 14.5. The summed E-state index contributed by atoms with van der Waals surface area (Å²) in [6.07, 6.45) is 0. The summed E-state index contributed by atoms with van der Waals surface area (Å²) in [5, 5.41) is 5.29. The minimum Gasteiger partial charge on any atom is -0.312 e. The fourth-order valence-electron chi connectivity index (χ4n) is 1.78. The van der Waals surface area contributed by atoms with Crippen molar-refractivity contribution in [2.24, 2.45) is 5.92 Å². The minimum atomic E-state index is 0.670. The van der Waals surface area contributed by atoms with E-state index in [9.17, 15) is 0 Å². The van der Waals surface area contributed by atoms with Crippen LogP contribution in [0.3, 0.4) is 0 Å². The van der Waals surface area contributed by atoms with Crippen LogP contribution in [0.2, 0.25) is 5.02 Å². The second-order valence-electron chi connectivity index (χ2n) is 5.06. The van der Waals surface area contributed by atoms with Crippen LogP contribution in [0, 0.1) is 12.8 Å². The van der Waals surface area contributed by atoms with E-state index < -0.39 is 0 Å². The fraction of sp³-hybridized carbons (Fsp3) is 0.400. The molecule has 19 heavy (non-hydrogen) atoms. The predicted octanol–water partition coefficient (Wildman–Crippen LogP) is 4.52. The van der Waals surface area contributed by atoms with E-state index in [1.54, 1.807) is 11.3 Å². The fourth-order valence-corrected chi connectivity index (χ4v) is 2.95. The summed E-state index contributed by atoms with van der Waals surface area (Å²) in [7, 11) is 0. The molecule has 0 aliphatic heterocycles. The third-order valence-electron chi connectivity index (χ3n) is 2.82. The Labute approximate surface area is 123 Å². The molecule has 0 saturated carbocycles. The molecule has 0 aliphatic carbocycles. The van der Waals surface area contributed by atoms with Gasteiger partial charge in [0, 0.05) is 22.0 Å². The van der Waals surface area contributed by atoms with E-state index in [1.165, 1.54) is 4.88 Å². The van der Waals surface area contributed by atoms with Gasteiger partial charge in [-0.25, -0.2) is 4.98 Å². The Hall–Kier alpha value is -0.900. The quantitative estimate of drug-likeness (QED) is 0.877. The summed E-state index contributed by atoms with van der Waals surface area (Å²) in [5.74, 6) is 0.670. The second-order valence-corrected chi connectivity index (χ2v) is 6.58. The molecule has 4 heteroatoms. The Kier molecular flexibility index (Phi) is 4.97. The lowest BCUT2D eigenvalue weighted by atomic mass is 10.2. The number of halogens is 1. The third kappa shape index (κ3) is 4.03. The number of aromatic nitrogens is 1. The molecule has 0 amide bonds. The summed E-state index contributed by atoms with van der Waals surface area (Å²) < 4.78 is 0. The lowest BCUT2D eigenvalue weighted by Gasteiger charge is -2.05. The number of nitrogens with one attached hydrogen (secondary N) is 1. The molecule has 1 aromatic carbocycles. The van der Waals surface area contributed by atoms with Crippen molar-refractivity contribution in [3.05, 3.63) is 39.9 Å². The molecule has 2 nitrogen and oxygen atoms in total. The van der Waals surface area contributed by atoms with Gasteiger partial charge in [0.1, 0.15) is 5.01 Å². The van der Waals surface area contributed by atoms with Crippen LogP contribution in [-0.4, -0.2) is 11.5 Å². The van der Waals surface area contributed by atoms with Crippen LogP contribution in [0.15, 0.2) is 24.3 Å². The molecule has 1 N–H and O–H groups in total. The monoisotopic (exact) mass is 294 g/mol. The Morgan fingerprint density at radius 3 is 2.58 bits per heavy atom. The van der Waals surface area contributed by atoms with Crippen molar-refractivity contribution in [3.63, 3.8) is 0 Å². The molecule has 2 rings (SSSR count). The van der Waals surface area contributed by atoms with E-state index in [4.69, 9.17) is 11.6 Å². The highest BCUT2D eigenvalue weighted by atomic mass is 35.5. The van der Waals surface area contributed by atoms with Gasteiger partial charge in [0.05, 0.1) is 5.69 Å². The Bertz CT molecular complexity index is 532. The average Bonchev–Trinajstić information content (AvgIpc) is 2.71. The molecular weight excluding hydrogens is 276 g/mol. The van der Waals surface area contributed by atoms with Crippen LogP contribution >= 0.6 is 22.9 Å². The molecule has 1 aromatic heterocycles. The summed E-state index contributed by atoms with van der Waals surface area (Å²) in [6.45, 7) is 8.43. The van der Waals surface area contributed by atoms with Crippen molar-refractivity contribution in [2.45, 2.75) is 27.3 Å². The first-order valence-electron chi connectivity index (χ1n) is 6.49. The van der Waals surface area contributed by atoms with Gasteiger partial charge in [-0.2, -0.15) is 0 Å². The van der Waals surface area contributed by atoms with Gasteiger partial charge in [-0.1, -0.05) is 37.6 Å². The second kappa shape index (κ2) is 6.51. The Morgan fingerprint density at radius 1 is 1.26 bits per heavy atom. The van der Waals surface area contributed by atoms with E-state index in [1.807, 2.05) is 24.3 Å². The molecule has 0 bridgehead atoms. The van der Waals surface area contributed by atoms with Crippen molar-refractivity contribution in [3.8, 4) is 10.6 Å². The van der Waals surface area contributed by atoms with E-state index in [0.717, 1.165) is 34.4 Å². The maximum absolute atomic E-state index is 5.91. The minimum absolute atomic E-state index is 0.670. The Morgan fingerprint density at radius 2 is 1.95 bits per heavy atom. The standard InChI is InChI=1S/C15H19ClN2S/c1-10(2)8-17-9-14-11(3)18-15(19-14)12-4-6-13(16)7-5-12/h4-7,10,17H,8-9H2,1-3H3. The number of rotatable bonds is 5. The highest BCUT2D eigenvalue weighted by Gasteiger charge is 2.09. The number of hydrogen-bond acceptors (Lipinski definition) is 3. The van der Waals surface area contributed by atoms with E-state index in [2.05, 4.69) is 31.1 Å². The first-order chi connectivity index (χ1) is 9.06. The molecule has 102 valence electrons. The maximum atomic E-state index is 5.91. The Balaban J connectivity index is 2.09. The largest absolute Gasteiger partial charge is 0.312 e. The van der Waals surface area contributed by atoms with Crippen LogP contribution in [0.5, 0.6) is 0 Å². The van der Waals surface area contributed by atoms with Gasteiger partial charge in [-0.3, -0.25) is 0 Å². The van der Waals surface area contributed by atoms with Gasteiger partial charge in [0.2, 0.25) is 0 Å². The van der Waals surface area contributed by atoms with Crippen molar-refractivity contribution < 1.29 is 0 Å². The van der Waals surface area contributed by atoms with Crippen molar-refractivity contribution in [2.75, 3.05) is 6.54 Å². The van der Waals surface area contributed by atoms with Crippen molar-refractivity contribution >= 4 is 22.9 Å². The zero-order valence-corrected chi connectivity index (χ0v) is 13.1. The molecule has 1 heterocycles. The SMILES string of the molecule is Cc1nc(-c2ccc(Cl)cc2)sc1CNCC(C)C. The van der Waals surface area contributed by atoms with Gasteiger partial charge in [0.25, 0.3) is 0 Å². The molecule has 0 aliphatic rings. The molecule has 0 fully saturated rings. The van der Waals surface area contributed by atoms with Crippen molar-refractivity contribution in [1.29, 1.82) is 0 Å². The van der Waals surface area contributed by atoms with Gasteiger partial charge in [-0.15, -0.1) is 11.3 Å². The lowest BCUT2D eigenvalue weighted by molar-refractivity contribution is 0.554. The maximum Gasteiger partial charge on any atom is 0.123 e. The summed E-state index contributed by atoms with van der Waals surface area (Å²) in [4.78, 5) is 5.95. The number of aryl methyl sites for hydroxylation is 1. The van der Waals surface area contributed by atoms with Crippen LogP contribution in [0.1, 0.15) is 24.4 Å². The first-order valence-corrected chi connectivity index (χ1v) is 7.68. The van der Waals surface area contributed by atoms with Crippen LogP contribution in [0.4, 0.5) is 0 Å². The van der Waals surface area contributed by atoms with Gasteiger partial charge < -0.3 is 5.32 Å². The summed E-state index contributed by atoms with van der Waals surface area (Å²) in [6, 6.07) is 7.85. The molecular formula is C15H19ClN2S. The van der Waals surface area contributed by atoms with Crippen LogP contribution < -0.4 is 5.32 Å². The van der Waals surface area contributed by atoms with Gasteiger partial charge in [-0.05, 0) is 31.5 Å². The molecule has 0 atom stereocenters. The normalized spacial score (nSPS) is 11.2. The third-order valence-corrected chi connectivity index (χ3v) is 4.28. The molecule has 0 spiro atoms. The molecule has 0 saturated heterocycles. The summed E-state index contributed by atoms with van der Waals surface area (Å²) >= 11 is 7.66. The van der Waals surface area contributed by atoms with Gasteiger partial charge in [0.15, 0.2) is 0 Å². The van der Waals surface area contributed by atoms with Crippen LogP contribution in [0.25, 0.3) is 10.6 Å². The van der Waals surface area contributed by atoms with Crippen molar-refractivity contribution in [1.82, 2.24) is 10.3 Å². The zero-order valence-electron chi connectivity index (χ0n) is 11.5. The lowest BCUT2D eigenvalue weighted by Crippen LogP contribution is -2.18. The predicted molar refractivity (Wildman–Crippen MR) is 83.8 cm³/mol. The average molecular weight is 295 g/mol. The van der Waals surface area contributed by atoms with E-state index in [-0.39, 0.29) is 0 Å². The highest BCUT2D eigenvalue weighted by molar-refractivity contribution is 7.15. The summed E-state index contributed by atoms with van der Waals surface area (Å²) in [5.41, 5.74) is 2.25. The van der Waals surface area contributed by atoms with E-state index in [0.29, 0.717) is 5.92 Å². The zero-order chi connectivity index (χ0) is 13.8. The number of nitrogens with zero attached hydrogens (tertiary/aromatic N) is 1. The molecule has 2 aromatic rings. The molecule has 0 radical (unpaired) electrons.